The summed E-state index contributed by atoms with van der Waals surface area (Å²) in [6.45, 7) is 2.53. The van der Waals surface area contributed by atoms with E-state index in [2.05, 4.69) is 31.1 Å². The number of hydrogen-bond donors (Lipinski definition) is 0. The zero-order valence-electron chi connectivity index (χ0n) is 15.0. The normalized spacial score (nSPS) is 29.0. The fraction of sp³-hybridized carbons (Fsp3) is 0.650. The van der Waals surface area contributed by atoms with Gasteiger partial charge in [-0.05, 0) is 82.4 Å². The molecule has 24 heavy (non-hydrogen) atoms. The number of halogens is 1. The molecule has 2 aliphatic rings. The van der Waals surface area contributed by atoms with E-state index in [9.17, 15) is 4.79 Å². The maximum Gasteiger partial charge on any atom is 0.303 e. The standard InChI is InChI=1S/C20H28ClNO2/c1-15(23)24-20-10-5-4-9-19(20,12-13-22(2)3)18-14-17(21)7-6-16(18)8-11-20/h6-7,14H,4-5,8-13H2,1-3H3/t19-,20+/m0/s1. The second-order valence-electron chi connectivity index (χ2n) is 7.73. The van der Waals surface area contributed by atoms with Crippen LogP contribution in [0.3, 0.4) is 0 Å². The molecule has 4 heteroatoms. The molecule has 2 aliphatic carbocycles. The van der Waals surface area contributed by atoms with Crippen molar-refractivity contribution in [1.29, 1.82) is 0 Å². The topological polar surface area (TPSA) is 29.5 Å². The smallest absolute Gasteiger partial charge is 0.303 e. The molecule has 0 spiro atoms. The van der Waals surface area contributed by atoms with Gasteiger partial charge in [-0.15, -0.1) is 0 Å². The summed E-state index contributed by atoms with van der Waals surface area (Å²) in [7, 11) is 4.21. The van der Waals surface area contributed by atoms with Crippen LogP contribution in [0, 0.1) is 0 Å². The molecule has 0 heterocycles. The third-order valence-electron chi connectivity index (χ3n) is 6.02. The number of aryl methyl sites for hydroxylation is 1. The molecule has 0 saturated heterocycles. The molecule has 2 atom stereocenters. The van der Waals surface area contributed by atoms with E-state index in [4.69, 9.17) is 16.3 Å². The maximum atomic E-state index is 12.0. The summed E-state index contributed by atoms with van der Waals surface area (Å²) in [5.74, 6) is -0.156. The average Bonchev–Trinajstić information content (AvgIpc) is 2.52. The summed E-state index contributed by atoms with van der Waals surface area (Å²) in [6, 6.07) is 6.29. The highest BCUT2D eigenvalue weighted by Crippen LogP contribution is 2.57. The molecule has 0 amide bonds. The number of fused-ring (bicyclic) bond motifs is 3. The van der Waals surface area contributed by atoms with Crippen LogP contribution < -0.4 is 0 Å². The molecule has 0 unspecified atom stereocenters. The molecule has 0 aromatic heterocycles. The summed E-state index contributed by atoms with van der Waals surface area (Å²) in [4.78, 5) is 14.2. The van der Waals surface area contributed by atoms with Crippen molar-refractivity contribution in [1.82, 2.24) is 4.90 Å². The zero-order valence-corrected chi connectivity index (χ0v) is 15.8. The first-order chi connectivity index (χ1) is 11.4. The molecule has 3 nitrogen and oxygen atoms in total. The Kier molecular flexibility index (Phi) is 4.94. The summed E-state index contributed by atoms with van der Waals surface area (Å²) in [5, 5.41) is 0.780. The first kappa shape index (κ1) is 17.8. The van der Waals surface area contributed by atoms with E-state index in [0.29, 0.717) is 0 Å². The van der Waals surface area contributed by atoms with Crippen molar-refractivity contribution in [3.8, 4) is 0 Å². The van der Waals surface area contributed by atoms with Crippen molar-refractivity contribution in [3.05, 3.63) is 34.3 Å². The summed E-state index contributed by atoms with van der Waals surface area (Å²) >= 11 is 6.37. The fourth-order valence-electron chi connectivity index (χ4n) is 4.97. The third kappa shape index (κ3) is 2.97. The minimum absolute atomic E-state index is 0.111. The first-order valence-corrected chi connectivity index (χ1v) is 9.40. The van der Waals surface area contributed by atoms with Gasteiger partial charge in [0.25, 0.3) is 0 Å². The van der Waals surface area contributed by atoms with Crippen molar-refractivity contribution >= 4 is 17.6 Å². The predicted molar refractivity (Wildman–Crippen MR) is 97.6 cm³/mol. The lowest BCUT2D eigenvalue weighted by Gasteiger charge is -2.56. The Morgan fingerprint density at radius 2 is 2.00 bits per heavy atom. The summed E-state index contributed by atoms with van der Waals surface area (Å²) < 4.78 is 6.11. The van der Waals surface area contributed by atoms with Gasteiger partial charge < -0.3 is 9.64 Å². The Bertz CT molecular complexity index is 630. The van der Waals surface area contributed by atoms with Gasteiger partial charge in [0.1, 0.15) is 5.60 Å². The number of carbonyl (C=O) groups excluding carboxylic acids is 1. The Morgan fingerprint density at radius 3 is 2.71 bits per heavy atom. The molecule has 1 aromatic carbocycles. The molecule has 0 radical (unpaired) electrons. The van der Waals surface area contributed by atoms with Crippen LogP contribution in [0.2, 0.25) is 5.02 Å². The first-order valence-electron chi connectivity index (χ1n) is 9.02. The van der Waals surface area contributed by atoms with Crippen LogP contribution >= 0.6 is 11.6 Å². The van der Waals surface area contributed by atoms with Gasteiger partial charge in [-0.25, -0.2) is 0 Å². The van der Waals surface area contributed by atoms with E-state index < -0.39 is 0 Å². The molecular weight excluding hydrogens is 322 g/mol. The predicted octanol–water partition coefficient (Wildman–Crippen LogP) is 4.35. The van der Waals surface area contributed by atoms with Gasteiger partial charge in [-0.2, -0.15) is 0 Å². The quantitative estimate of drug-likeness (QED) is 0.757. The van der Waals surface area contributed by atoms with Gasteiger partial charge in [0.05, 0.1) is 0 Å². The Hall–Kier alpha value is -1.06. The van der Waals surface area contributed by atoms with Crippen LogP contribution in [0.4, 0.5) is 0 Å². The van der Waals surface area contributed by atoms with E-state index in [1.807, 2.05) is 6.07 Å². The third-order valence-corrected chi connectivity index (χ3v) is 6.25. The lowest BCUT2D eigenvalue weighted by atomic mass is 9.53. The van der Waals surface area contributed by atoms with Gasteiger partial charge >= 0.3 is 5.97 Å². The van der Waals surface area contributed by atoms with E-state index in [1.54, 1.807) is 6.92 Å². The van der Waals surface area contributed by atoms with Crippen molar-refractivity contribution in [2.45, 2.75) is 62.9 Å². The largest absolute Gasteiger partial charge is 0.458 e. The summed E-state index contributed by atoms with van der Waals surface area (Å²) in [5.41, 5.74) is 2.22. The number of ether oxygens (including phenoxy) is 1. The molecule has 0 N–H and O–H groups in total. The van der Waals surface area contributed by atoms with Crippen LogP contribution in [0.1, 0.15) is 56.6 Å². The lowest BCUT2D eigenvalue weighted by Crippen LogP contribution is -2.59. The number of carbonyl (C=O) groups is 1. The van der Waals surface area contributed by atoms with Crippen LogP contribution in [0.15, 0.2) is 18.2 Å². The molecule has 1 saturated carbocycles. The van der Waals surface area contributed by atoms with Gasteiger partial charge in [0, 0.05) is 17.4 Å². The number of nitrogens with zero attached hydrogens (tertiary/aromatic N) is 1. The second kappa shape index (κ2) is 6.68. The molecule has 1 fully saturated rings. The van der Waals surface area contributed by atoms with E-state index in [1.165, 1.54) is 17.5 Å². The highest BCUT2D eigenvalue weighted by Gasteiger charge is 2.58. The van der Waals surface area contributed by atoms with Gasteiger partial charge in [-0.3, -0.25) is 4.79 Å². The van der Waals surface area contributed by atoms with Crippen LogP contribution in [0.5, 0.6) is 0 Å². The van der Waals surface area contributed by atoms with Gasteiger partial charge in [0.2, 0.25) is 0 Å². The van der Waals surface area contributed by atoms with Gasteiger partial charge in [0.15, 0.2) is 0 Å². The SMILES string of the molecule is CC(=O)O[C@@]12CCCC[C@]1(CCN(C)C)c1cc(Cl)ccc1CC2. The Morgan fingerprint density at radius 1 is 1.25 bits per heavy atom. The van der Waals surface area contributed by atoms with Crippen molar-refractivity contribution in [2.24, 2.45) is 0 Å². The molecule has 0 aliphatic heterocycles. The Labute approximate surface area is 150 Å². The molecule has 132 valence electrons. The number of hydrogen-bond acceptors (Lipinski definition) is 3. The van der Waals surface area contributed by atoms with Crippen LogP contribution in [-0.2, 0) is 21.4 Å². The lowest BCUT2D eigenvalue weighted by molar-refractivity contribution is -0.176. The average molecular weight is 350 g/mol. The second-order valence-corrected chi connectivity index (χ2v) is 8.17. The molecule has 3 rings (SSSR count). The van der Waals surface area contributed by atoms with Crippen LogP contribution in [0.25, 0.3) is 0 Å². The number of esters is 1. The summed E-state index contributed by atoms with van der Waals surface area (Å²) in [6.07, 6.45) is 7.24. The van der Waals surface area contributed by atoms with Crippen molar-refractivity contribution in [2.75, 3.05) is 20.6 Å². The highest BCUT2D eigenvalue weighted by atomic mass is 35.5. The minimum atomic E-state index is -0.370. The number of rotatable bonds is 4. The van der Waals surface area contributed by atoms with Gasteiger partial charge in [-0.1, -0.05) is 24.1 Å². The monoisotopic (exact) mass is 349 g/mol. The van der Waals surface area contributed by atoms with E-state index >= 15 is 0 Å². The fourth-order valence-corrected chi connectivity index (χ4v) is 5.15. The molecular formula is C20H28ClNO2. The van der Waals surface area contributed by atoms with Crippen molar-refractivity contribution in [3.63, 3.8) is 0 Å². The maximum absolute atomic E-state index is 12.0. The van der Waals surface area contributed by atoms with E-state index in [-0.39, 0.29) is 17.0 Å². The highest BCUT2D eigenvalue weighted by molar-refractivity contribution is 6.30. The molecule has 1 aromatic rings. The zero-order chi connectivity index (χ0) is 17.4. The molecule has 0 bridgehead atoms. The minimum Gasteiger partial charge on any atom is -0.458 e. The van der Waals surface area contributed by atoms with Crippen molar-refractivity contribution < 1.29 is 9.53 Å². The Balaban J connectivity index is 2.14. The van der Waals surface area contributed by atoms with Crippen LogP contribution in [-0.4, -0.2) is 37.1 Å². The van der Waals surface area contributed by atoms with E-state index in [0.717, 1.165) is 50.1 Å². The number of benzene rings is 1.